The quantitative estimate of drug-likeness (QED) is 0.841. The summed E-state index contributed by atoms with van der Waals surface area (Å²) >= 11 is 0. The summed E-state index contributed by atoms with van der Waals surface area (Å²) in [4.78, 5) is 37.1. The highest BCUT2D eigenvalue weighted by Crippen LogP contribution is 2.21. The van der Waals surface area contributed by atoms with Gasteiger partial charge in [-0.2, -0.15) is 0 Å². The molecule has 2 aromatic heterocycles. The van der Waals surface area contributed by atoms with Gasteiger partial charge in [0.1, 0.15) is 0 Å². The fourth-order valence-corrected chi connectivity index (χ4v) is 3.33. The van der Waals surface area contributed by atoms with Crippen LogP contribution < -0.4 is 5.69 Å². The Morgan fingerprint density at radius 1 is 1.28 bits per heavy atom. The fourth-order valence-electron chi connectivity index (χ4n) is 3.33. The summed E-state index contributed by atoms with van der Waals surface area (Å²) in [5, 5.41) is 13.0. The van der Waals surface area contributed by atoms with Crippen LogP contribution >= 0.6 is 0 Å². The minimum Gasteiger partial charge on any atom is -0.481 e. The number of pyridine rings is 1. The van der Waals surface area contributed by atoms with E-state index in [1.165, 1.54) is 9.08 Å². The molecule has 8 heteroatoms. The van der Waals surface area contributed by atoms with Crippen molar-refractivity contribution in [1.29, 1.82) is 0 Å². The van der Waals surface area contributed by atoms with Crippen molar-refractivity contribution in [2.45, 2.75) is 38.6 Å². The molecule has 0 bridgehead atoms. The van der Waals surface area contributed by atoms with Crippen LogP contribution in [0.4, 0.5) is 0 Å². The lowest BCUT2D eigenvalue weighted by Crippen LogP contribution is -2.40. The second-order valence-corrected chi connectivity index (χ2v) is 6.46. The van der Waals surface area contributed by atoms with Crippen LogP contribution in [0.5, 0.6) is 0 Å². The molecule has 0 unspecified atom stereocenters. The average Bonchev–Trinajstić information content (AvgIpc) is 2.94. The number of likely N-dealkylation sites (tertiary alicyclic amines) is 1. The van der Waals surface area contributed by atoms with Crippen molar-refractivity contribution >= 4 is 17.5 Å². The third-order valence-electron chi connectivity index (χ3n) is 4.66. The van der Waals surface area contributed by atoms with Crippen LogP contribution in [0, 0.1) is 5.92 Å². The van der Waals surface area contributed by atoms with Crippen molar-refractivity contribution < 1.29 is 14.7 Å². The number of carboxylic acids is 1. The molecule has 1 amide bonds. The minimum atomic E-state index is -0.797. The second kappa shape index (κ2) is 7.50. The fraction of sp³-hybridized carbons (Fsp3) is 0.529. The molecule has 3 rings (SSSR count). The topological polar surface area (TPSA) is 96.9 Å². The van der Waals surface area contributed by atoms with Gasteiger partial charge in [0.15, 0.2) is 5.65 Å². The maximum atomic E-state index is 12.4. The van der Waals surface area contributed by atoms with E-state index in [-0.39, 0.29) is 36.9 Å². The number of aromatic nitrogens is 3. The Hall–Kier alpha value is -2.64. The number of piperidine rings is 1. The van der Waals surface area contributed by atoms with Gasteiger partial charge in [0.2, 0.25) is 5.91 Å². The summed E-state index contributed by atoms with van der Waals surface area (Å²) in [6.45, 7) is 1.55. The number of aliphatic carboxylic acids is 1. The second-order valence-electron chi connectivity index (χ2n) is 6.46. The van der Waals surface area contributed by atoms with E-state index < -0.39 is 5.97 Å². The molecule has 1 N–H and O–H groups in total. The zero-order chi connectivity index (χ0) is 17.8. The van der Waals surface area contributed by atoms with Crippen molar-refractivity contribution in [3.05, 3.63) is 34.9 Å². The van der Waals surface area contributed by atoms with Crippen LogP contribution in [-0.2, 0) is 16.1 Å². The van der Waals surface area contributed by atoms with Crippen LogP contribution in [0.15, 0.2) is 29.2 Å². The van der Waals surface area contributed by atoms with Gasteiger partial charge in [-0.15, -0.1) is 5.10 Å². The lowest BCUT2D eigenvalue weighted by molar-refractivity contribution is -0.137. The van der Waals surface area contributed by atoms with Crippen molar-refractivity contribution in [1.82, 2.24) is 19.1 Å². The summed E-state index contributed by atoms with van der Waals surface area (Å²) in [6.07, 6.45) is 4.47. The van der Waals surface area contributed by atoms with Gasteiger partial charge in [-0.25, -0.2) is 9.48 Å². The first-order chi connectivity index (χ1) is 12.0. The molecule has 1 aliphatic rings. The Morgan fingerprint density at radius 2 is 2.12 bits per heavy atom. The number of fused-ring (bicyclic) bond motifs is 1. The third-order valence-corrected chi connectivity index (χ3v) is 4.66. The van der Waals surface area contributed by atoms with E-state index in [0.29, 0.717) is 25.2 Å². The minimum absolute atomic E-state index is 0.0102. The molecule has 1 atom stereocenters. The van der Waals surface area contributed by atoms with E-state index in [1.54, 1.807) is 23.2 Å². The highest BCUT2D eigenvalue weighted by molar-refractivity contribution is 5.76. The predicted octanol–water partition coefficient (Wildman–Crippen LogP) is 0.989. The van der Waals surface area contributed by atoms with Crippen LogP contribution in [0.1, 0.15) is 32.1 Å². The molecule has 2 aromatic rings. The number of nitrogens with zero attached hydrogens (tertiary/aromatic N) is 4. The van der Waals surface area contributed by atoms with E-state index in [1.807, 2.05) is 6.07 Å². The molecule has 0 aromatic carbocycles. The van der Waals surface area contributed by atoms with Crippen molar-refractivity contribution in [2.24, 2.45) is 5.92 Å². The van der Waals surface area contributed by atoms with Crippen molar-refractivity contribution in [2.75, 3.05) is 13.1 Å². The molecule has 1 fully saturated rings. The molecule has 0 spiro atoms. The summed E-state index contributed by atoms with van der Waals surface area (Å²) in [5.41, 5.74) is 0.313. The maximum Gasteiger partial charge on any atom is 0.350 e. The molecule has 8 nitrogen and oxygen atoms in total. The third kappa shape index (κ3) is 4.07. The Kier molecular flexibility index (Phi) is 5.16. The van der Waals surface area contributed by atoms with Gasteiger partial charge in [-0.3, -0.25) is 14.0 Å². The molecule has 0 saturated carbocycles. The Bertz CT molecular complexity index is 825. The molecule has 0 radical (unpaired) electrons. The molecule has 1 aliphatic heterocycles. The van der Waals surface area contributed by atoms with E-state index in [0.717, 1.165) is 12.8 Å². The van der Waals surface area contributed by atoms with Crippen LogP contribution in [-0.4, -0.2) is 49.2 Å². The number of carboxylic acid groups (broad SMARTS) is 1. The van der Waals surface area contributed by atoms with Crippen molar-refractivity contribution in [3.8, 4) is 0 Å². The normalized spacial score (nSPS) is 17.8. The first-order valence-corrected chi connectivity index (χ1v) is 8.58. The molecule has 3 heterocycles. The van der Waals surface area contributed by atoms with Gasteiger partial charge in [0.05, 0.1) is 6.54 Å². The van der Waals surface area contributed by atoms with Crippen LogP contribution in [0.3, 0.4) is 0 Å². The molecular formula is C17H22N4O4. The summed E-state index contributed by atoms with van der Waals surface area (Å²) < 4.78 is 2.77. The number of carbonyl (C=O) groups excluding carboxylic acids is 1. The van der Waals surface area contributed by atoms with Gasteiger partial charge < -0.3 is 10.0 Å². The van der Waals surface area contributed by atoms with E-state index >= 15 is 0 Å². The van der Waals surface area contributed by atoms with Crippen LogP contribution in [0.2, 0.25) is 0 Å². The number of rotatable bonds is 6. The Labute approximate surface area is 144 Å². The summed E-state index contributed by atoms with van der Waals surface area (Å²) in [6, 6.07) is 5.32. The van der Waals surface area contributed by atoms with Gasteiger partial charge >= 0.3 is 11.7 Å². The lowest BCUT2D eigenvalue weighted by atomic mass is 9.93. The summed E-state index contributed by atoms with van der Waals surface area (Å²) in [5.74, 6) is -0.564. The van der Waals surface area contributed by atoms with E-state index in [2.05, 4.69) is 5.10 Å². The predicted molar refractivity (Wildman–Crippen MR) is 90.2 cm³/mol. The average molecular weight is 346 g/mol. The lowest BCUT2D eigenvalue weighted by Gasteiger charge is -2.32. The molecule has 1 saturated heterocycles. The maximum absolute atomic E-state index is 12.4. The number of amides is 1. The van der Waals surface area contributed by atoms with Gasteiger partial charge in [0.25, 0.3) is 0 Å². The summed E-state index contributed by atoms with van der Waals surface area (Å²) in [7, 11) is 0. The van der Waals surface area contributed by atoms with Gasteiger partial charge in [0, 0.05) is 32.1 Å². The number of aryl methyl sites for hydroxylation is 1. The van der Waals surface area contributed by atoms with Crippen molar-refractivity contribution in [3.63, 3.8) is 0 Å². The molecule has 25 heavy (non-hydrogen) atoms. The number of hydrogen-bond acceptors (Lipinski definition) is 4. The zero-order valence-corrected chi connectivity index (χ0v) is 14.0. The molecular weight excluding hydrogens is 324 g/mol. The SMILES string of the molecule is O=C(O)CC[C@H]1CCCN(C(=O)CCn2nc3ccccn3c2=O)C1. The Morgan fingerprint density at radius 3 is 2.88 bits per heavy atom. The smallest absolute Gasteiger partial charge is 0.350 e. The first-order valence-electron chi connectivity index (χ1n) is 8.58. The monoisotopic (exact) mass is 346 g/mol. The van der Waals surface area contributed by atoms with Crippen LogP contribution in [0.25, 0.3) is 5.65 Å². The molecule has 0 aliphatic carbocycles. The standard InChI is InChI=1S/C17H22N4O4/c22-15(19-9-3-4-13(12-19)6-7-16(23)24)8-11-21-17(25)20-10-2-1-5-14(20)18-21/h1-2,5,10,13H,3-4,6-9,11-12H2,(H,23,24)/t13-/m1/s1. The number of carbonyl (C=O) groups is 2. The van der Waals surface area contributed by atoms with Gasteiger partial charge in [-0.1, -0.05) is 6.07 Å². The largest absolute Gasteiger partial charge is 0.481 e. The highest BCUT2D eigenvalue weighted by atomic mass is 16.4. The van der Waals surface area contributed by atoms with E-state index in [9.17, 15) is 14.4 Å². The number of hydrogen-bond donors (Lipinski definition) is 1. The zero-order valence-electron chi connectivity index (χ0n) is 14.0. The highest BCUT2D eigenvalue weighted by Gasteiger charge is 2.24. The van der Waals surface area contributed by atoms with E-state index in [4.69, 9.17) is 5.11 Å². The van der Waals surface area contributed by atoms with Gasteiger partial charge in [-0.05, 0) is 37.3 Å². The molecule has 134 valence electrons. The Balaban J connectivity index is 1.57. The first kappa shape index (κ1) is 17.2.